The molecule has 0 fully saturated rings. The van der Waals surface area contributed by atoms with Gasteiger partial charge in [0.25, 0.3) is 0 Å². The van der Waals surface area contributed by atoms with Crippen molar-refractivity contribution in [1.29, 1.82) is 0 Å². The molecular formula is C58H35N5S. The lowest BCUT2D eigenvalue weighted by Crippen LogP contribution is -2.08. The molecule has 0 aliphatic rings. The van der Waals surface area contributed by atoms with Gasteiger partial charge in [-0.2, -0.15) is 0 Å². The maximum atomic E-state index is 9.48. The van der Waals surface area contributed by atoms with Gasteiger partial charge in [0.15, 0.2) is 5.82 Å². The van der Waals surface area contributed by atoms with Crippen LogP contribution < -0.4 is 0 Å². The molecule has 298 valence electrons. The summed E-state index contributed by atoms with van der Waals surface area (Å²) >= 11 is 1.73. The van der Waals surface area contributed by atoms with Gasteiger partial charge in [-0.05, 0) is 65.7 Å². The normalized spacial score (nSPS) is 13.8. The molecule has 0 aliphatic carbocycles. The first-order chi connectivity index (χ1) is 35.1. The average Bonchev–Trinajstić information content (AvgIpc) is 4.17. The summed E-state index contributed by atoms with van der Waals surface area (Å²) in [6.45, 7) is 0. The van der Waals surface area contributed by atoms with E-state index in [1.807, 2.05) is 72.8 Å². The van der Waals surface area contributed by atoms with E-state index in [1.165, 1.54) is 0 Å². The molecule has 6 heteroatoms. The molecule has 14 aromatic rings. The smallest absolute Gasteiger partial charge is 0.166 e. The van der Waals surface area contributed by atoms with Crippen LogP contribution in [-0.4, -0.2) is 23.7 Å². The Bertz CT molecular complexity index is 4490. The molecule has 0 saturated heterocycles. The van der Waals surface area contributed by atoms with E-state index in [-0.39, 0.29) is 76.8 Å². The van der Waals surface area contributed by atoms with Gasteiger partial charge in [-0.25, -0.2) is 9.97 Å². The van der Waals surface area contributed by atoms with Crippen LogP contribution in [0.4, 0.5) is 0 Å². The summed E-state index contributed by atoms with van der Waals surface area (Å²) in [6, 6.07) is 51.9. The highest BCUT2D eigenvalue weighted by molar-refractivity contribution is 7.25. The van der Waals surface area contributed by atoms with Crippen molar-refractivity contribution < 1.29 is 11.0 Å². The Hall–Kier alpha value is -8.32. The van der Waals surface area contributed by atoms with Gasteiger partial charge in [0.2, 0.25) is 0 Å². The summed E-state index contributed by atoms with van der Waals surface area (Å²) in [5.41, 5.74) is 6.79. The fourth-order valence-electron chi connectivity index (χ4n) is 9.94. The van der Waals surface area contributed by atoms with E-state index in [4.69, 9.17) is 15.5 Å². The summed E-state index contributed by atoms with van der Waals surface area (Å²) in [4.78, 5) is 11.2. The molecule has 0 N–H and O–H groups in total. The molecule has 0 unspecified atom stereocenters. The molecule has 14 rings (SSSR count). The van der Waals surface area contributed by atoms with Crippen LogP contribution >= 0.6 is 11.3 Å². The fraction of sp³-hybridized carbons (Fsp3) is 0. The van der Waals surface area contributed by atoms with Crippen LogP contribution in [-0.2, 0) is 0 Å². The molecule has 0 bridgehead atoms. The Morgan fingerprint density at radius 3 is 1.42 bits per heavy atom. The van der Waals surface area contributed by atoms with Crippen molar-refractivity contribution in [2.75, 3.05) is 0 Å². The minimum absolute atomic E-state index is 0.177. The Labute approximate surface area is 382 Å². The second kappa shape index (κ2) is 13.6. The predicted molar refractivity (Wildman–Crippen MR) is 269 cm³/mol. The highest BCUT2D eigenvalue weighted by Crippen LogP contribution is 2.46. The van der Waals surface area contributed by atoms with Crippen LogP contribution in [0.3, 0.4) is 0 Å². The first-order valence-corrected chi connectivity index (χ1v) is 21.8. The second-order valence-electron chi connectivity index (χ2n) is 15.9. The second-order valence-corrected chi connectivity index (χ2v) is 17.0. The van der Waals surface area contributed by atoms with E-state index in [0.717, 1.165) is 58.8 Å². The van der Waals surface area contributed by atoms with Crippen LogP contribution in [0.25, 0.3) is 125 Å². The lowest BCUT2D eigenvalue weighted by atomic mass is 9.93. The summed E-state index contributed by atoms with van der Waals surface area (Å²) in [5, 5.41) is 6.19. The van der Waals surface area contributed by atoms with Crippen molar-refractivity contribution in [3.05, 3.63) is 212 Å². The van der Waals surface area contributed by atoms with Crippen LogP contribution in [0, 0.1) is 0 Å². The summed E-state index contributed by atoms with van der Waals surface area (Å²) in [7, 11) is 0. The Kier molecular flexibility index (Phi) is 6.01. The van der Waals surface area contributed by atoms with Crippen LogP contribution in [0.1, 0.15) is 11.0 Å². The van der Waals surface area contributed by atoms with Crippen molar-refractivity contribution in [3.63, 3.8) is 0 Å². The number of nitrogens with zero attached hydrogens (tertiary/aromatic N) is 5. The molecule has 5 aromatic heterocycles. The molecule has 0 radical (unpaired) electrons. The van der Waals surface area contributed by atoms with Crippen molar-refractivity contribution in [2.24, 2.45) is 0 Å². The number of thiophene rings is 1. The largest absolute Gasteiger partial charge is 0.308 e. The molecule has 9 aromatic carbocycles. The predicted octanol–water partition coefficient (Wildman–Crippen LogP) is 15.5. The van der Waals surface area contributed by atoms with Crippen LogP contribution in [0.2, 0.25) is 0 Å². The summed E-state index contributed by atoms with van der Waals surface area (Å²) in [6.07, 6.45) is 0. The molecule has 0 spiro atoms. The molecule has 0 amide bonds. The number of hydrogen-bond donors (Lipinski definition) is 0. The van der Waals surface area contributed by atoms with Crippen LogP contribution in [0.15, 0.2) is 212 Å². The van der Waals surface area contributed by atoms with Crippen LogP contribution in [0.5, 0.6) is 0 Å². The van der Waals surface area contributed by atoms with Gasteiger partial charge in [0, 0.05) is 58.6 Å². The monoisotopic (exact) mass is 841 g/mol. The van der Waals surface area contributed by atoms with Crippen molar-refractivity contribution in [1.82, 2.24) is 23.7 Å². The Morgan fingerprint density at radius 1 is 0.375 bits per heavy atom. The van der Waals surface area contributed by atoms with Gasteiger partial charge >= 0.3 is 0 Å². The minimum atomic E-state index is -0.389. The topological polar surface area (TPSA) is 40.6 Å². The van der Waals surface area contributed by atoms with Crippen molar-refractivity contribution in [3.8, 4) is 39.8 Å². The number of fused-ring (bicyclic) bond motifs is 12. The molecule has 64 heavy (non-hydrogen) atoms. The van der Waals surface area contributed by atoms with Gasteiger partial charge in [0.05, 0.1) is 55.3 Å². The summed E-state index contributed by atoms with van der Waals surface area (Å²) in [5.74, 6) is 0.824. The molecule has 0 saturated carbocycles. The third-order valence-corrected chi connectivity index (χ3v) is 13.7. The molecular weight excluding hydrogens is 799 g/mol. The maximum absolute atomic E-state index is 9.48. The van der Waals surface area contributed by atoms with Gasteiger partial charge in [0.1, 0.15) is 11.6 Å². The molecule has 5 nitrogen and oxygen atoms in total. The Balaban J connectivity index is 1.21. The lowest BCUT2D eigenvalue weighted by Gasteiger charge is -2.20. The average molecular weight is 842 g/mol. The standard InChI is InChI=1S/C58H35N5S/c1-8-26-45-36(17-1)37-18-2-9-27-46(37)61(45)51-32-15-24-43(42-25-16-34-53-56(42)44-23-7-14-33-52(44)64-53)57(51)58-59-54(62-47-28-10-3-19-38(47)39-20-4-11-29-48(39)62)35-55(60-58)63-49-30-12-5-21-40(49)41-22-6-13-31-50(41)63/h1-35H/i3D,5D,10D,12D,19D,21D,28D,30D. The van der Waals surface area contributed by atoms with E-state index < -0.39 is 0 Å². The number of aromatic nitrogens is 5. The highest BCUT2D eigenvalue weighted by atomic mass is 32.1. The van der Waals surface area contributed by atoms with Gasteiger partial charge in [-0.3, -0.25) is 9.13 Å². The number of benzene rings is 9. The van der Waals surface area contributed by atoms with E-state index in [0.29, 0.717) is 38.1 Å². The zero-order valence-corrected chi connectivity index (χ0v) is 34.5. The first-order valence-electron chi connectivity index (χ1n) is 25.0. The van der Waals surface area contributed by atoms with E-state index in [2.05, 4.69) is 89.5 Å². The first kappa shape index (κ1) is 28.3. The minimum Gasteiger partial charge on any atom is -0.308 e. The molecule has 0 aliphatic heterocycles. The summed E-state index contributed by atoms with van der Waals surface area (Å²) < 4.78 is 80.9. The van der Waals surface area contributed by atoms with Crippen molar-refractivity contribution >= 4 is 96.9 Å². The quantitative estimate of drug-likeness (QED) is 0.173. The van der Waals surface area contributed by atoms with E-state index >= 15 is 0 Å². The van der Waals surface area contributed by atoms with E-state index in [1.54, 1.807) is 26.5 Å². The lowest BCUT2D eigenvalue weighted by molar-refractivity contribution is 0.991. The van der Waals surface area contributed by atoms with Gasteiger partial charge in [-0.15, -0.1) is 11.3 Å². The van der Waals surface area contributed by atoms with Crippen molar-refractivity contribution in [2.45, 2.75) is 0 Å². The highest BCUT2D eigenvalue weighted by Gasteiger charge is 2.25. The van der Waals surface area contributed by atoms with Gasteiger partial charge < -0.3 is 4.57 Å². The molecule has 0 atom stereocenters. The third kappa shape index (κ3) is 5.00. The number of rotatable bonds is 5. The fourth-order valence-corrected chi connectivity index (χ4v) is 11.1. The number of hydrogen-bond acceptors (Lipinski definition) is 3. The zero-order chi connectivity index (χ0) is 48.8. The number of para-hydroxylation sites is 6. The zero-order valence-electron chi connectivity index (χ0n) is 41.7. The van der Waals surface area contributed by atoms with Gasteiger partial charge in [-0.1, -0.05) is 152 Å². The third-order valence-electron chi connectivity index (χ3n) is 12.5. The maximum Gasteiger partial charge on any atom is 0.166 e. The Morgan fingerprint density at radius 2 is 0.828 bits per heavy atom. The van der Waals surface area contributed by atoms with E-state index in [9.17, 15) is 5.48 Å². The SMILES string of the molecule is [2H]c1c([2H])c([2H])c2c(c1[2H])c1ccccc1n2-c1cc(-n2c3ccccc3c3c([2H])c([2H])c([2H])c([2H])c32)nc(-c2c(-c3cccc4sc5ccccc5c34)cccc2-n2c3ccccc3c3ccccc32)n1. The molecule has 5 heterocycles.